The summed E-state index contributed by atoms with van der Waals surface area (Å²) in [5, 5.41) is 0.790. The molecule has 0 heterocycles. The number of hydrogen-bond acceptors (Lipinski definition) is 0. The first-order chi connectivity index (χ1) is 5.47. The summed E-state index contributed by atoms with van der Waals surface area (Å²) in [6.45, 7) is 0. The zero-order chi connectivity index (χ0) is 9.19. The van der Waals surface area contributed by atoms with E-state index >= 15 is 0 Å². The number of halogens is 4. The number of rotatable bonds is 2. The first-order valence-electron chi connectivity index (χ1n) is 3.28. The maximum atomic E-state index is 5.76. The second-order valence-corrected chi connectivity index (χ2v) is 56.0. The summed E-state index contributed by atoms with van der Waals surface area (Å²) in [5.74, 6) is 0. The van der Waals surface area contributed by atoms with E-state index in [9.17, 15) is 0 Å². The third kappa shape index (κ3) is 4.84. The van der Waals surface area contributed by atoms with Gasteiger partial charge in [-0.25, -0.2) is 0 Å². The Morgan fingerprint density at radius 3 is 2.00 bits per heavy atom. The van der Waals surface area contributed by atoms with Crippen molar-refractivity contribution < 1.29 is 0 Å². The monoisotopic (exact) mass is 482 g/mol. The fourth-order valence-electron chi connectivity index (χ4n) is 0.834. The summed E-state index contributed by atoms with van der Waals surface area (Å²) in [7, 11) is 0. The maximum absolute atomic E-state index is 5.76. The molecule has 0 saturated heterocycles. The molecule has 0 aliphatic rings. The Bertz CT molecular complexity index is 254. The van der Waals surface area contributed by atoms with Gasteiger partial charge in [-0.05, 0) is 0 Å². The number of benzene rings is 1. The van der Waals surface area contributed by atoms with Crippen LogP contribution in [0.2, 0.25) is 5.02 Å². The molecule has 0 N–H and O–H groups in total. The molecular weight excluding hydrogens is 478 g/mol. The van der Waals surface area contributed by atoms with Gasteiger partial charge >= 0.3 is 101 Å². The number of hydrogen-bond donors (Lipinski definition) is 0. The second-order valence-electron chi connectivity index (χ2n) is 2.42. The third-order valence-electron chi connectivity index (χ3n) is 1.32. The fourth-order valence-corrected chi connectivity index (χ4v) is 9.47. The Hall–Kier alpha value is 1.75. The van der Waals surface area contributed by atoms with Crippen LogP contribution in [0.15, 0.2) is 24.3 Å². The van der Waals surface area contributed by atoms with E-state index in [1.54, 1.807) is 0 Å². The van der Waals surface area contributed by atoms with Crippen molar-refractivity contribution in [2.24, 2.45) is 0 Å². The predicted octanol–water partition coefficient (Wildman–Crippen LogP) is 4.55. The molecule has 0 aliphatic heterocycles. The predicted molar refractivity (Wildman–Crippen MR) is 67.7 cm³/mol. The van der Waals surface area contributed by atoms with Crippen LogP contribution in [0.25, 0.3) is 0 Å². The van der Waals surface area contributed by atoms with Gasteiger partial charge in [-0.15, -0.1) is 0 Å². The van der Waals surface area contributed by atoms with Crippen molar-refractivity contribution in [2.45, 2.75) is 4.44 Å². The van der Waals surface area contributed by atoms with E-state index in [0.717, 1.165) is 9.46 Å². The molecule has 0 unspecified atom stereocenters. The minimum absolute atomic E-state index is 0.790. The molecule has 0 fully saturated rings. The van der Waals surface area contributed by atoms with Crippen molar-refractivity contribution in [3.8, 4) is 0 Å². The van der Waals surface area contributed by atoms with E-state index in [1.807, 2.05) is 12.1 Å². The van der Waals surface area contributed by atoms with E-state index in [0.29, 0.717) is 0 Å². The molecular formula is C7H6Br3ClSn. The van der Waals surface area contributed by atoms with Gasteiger partial charge in [0.05, 0.1) is 0 Å². The molecule has 66 valence electrons. The van der Waals surface area contributed by atoms with Crippen LogP contribution >= 0.6 is 49.7 Å². The van der Waals surface area contributed by atoms with Gasteiger partial charge in [-0.1, -0.05) is 0 Å². The molecule has 0 aromatic heterocycles. The van der Waals surface area contributed by atoms with E-state index in [2.05, 4.69) is 50.2 Å². The van der Waals surface area contributed by atoms with Crippen LogP contribution < -0.4 is 0 Å². The molecule has 1 aromatic rings. The Labute approximate surface area is 99.2 Å². The molecule has 0 atom stereocenters. The van der Waals surface area contributed by atoms with Crippen LogP contribution in [0, 0.1) is 0 Å². The van der Waals surface area contributed by atoms with Crippen LogP contribution in [0.1, 0.15) is 5.56 Å². The van der Waals surface area contributed by atoms with Crippen molar-refractivity contribution in [1.82, 2.24) is 0 Å². The Morgan fingerprint density at radius 1 is 1.08 bits per heavy atom. The van der Waals surface area contributed by atoms with E-state index < -0.39 is 11.7 Å². The van der Waals surface area contributed by atoms with Gasteiger partial charge in [0.25, 0.3) is 0 Å². The van der Waals surface area contributed by atoms with Crippen molar-refractivity contribution in [2.75, 3.05) is 0 Å². The summed E-state index contributed by atoms with van der Waals surface area (Å²) >= 11 is 14.5. The van der Waals surface area contributed by atoms with Gasteiger partial charge in [-0.2, -0.15) is 0 Å². The summed E-state index contributed by atoms with van der Waals surface area (Å²) in [5.41, 5.74) is 1.31. The van der Waals surface area contributed by atoms with Crippen molar-refractivity contribution in [1.29, 1.82) is 0 Å². The molecule has 1 rings (SSSR count). The molecule has 0 amide bonds. The Morgan fingerprint density at radius 2 is 1.58 bits per heavy atom. The van der Waals surface area contributed by atoms with Gasteiger partial charge in [0.1, 0.15) is 0 Å². The van der Waals surface area contributed by atoms with Crippen LogP contribution in [-0.2, 0) is 4.44 Å². The zero-order valence-corrected chi connectivity index (χ0v) is 14.4. The molecule has 0 nitrogen and oxygen atoms in total. The molecule has 0 radical (unpaired) electrons. The quantitative estimate of drug-likeness (QED) is 0.542. The zero-order valence-electron chi connectivity index (χ0n) is 6.03. The Kier molecular flexibility index (Phi) is 4.93. The molecule has 0 saturated carbocycles. The first kappa shape index (κ1) is 11.8. The molecule has 5 heteroatoms. The van der Waals surface area contributed by atoms with E-state index in [1.165, 1.54) is 5.56 Å². The van der Waals surface area contributed by atoms with E-state index in [-0.39, 0.29) is 0 Å². The van der Waals surface area contributed by atoms with Gasteiger partial charge in [-0.3, -0.25) is 0 Å². The minimum atomic E-state index is -2.19. The van der Waals surface area contributed by atoms with Gasteiger partial charge < -0.3 is 0 Å². The summed E-state index contributed by atoms with van der Waals surface area (Å²) in [6.07, 6.45) is 0. The van der Waals surface area contributed by atoms with Gasteiger partial charge in [0.15, 0.2) is 0 Å². The molecule has 12 heavy (non-hydrogen) atoms. The standard InChI is InChI=1S/C7H6Cl.3BrH.Sn/c1-6-2-4-7(8)5-3-6;;;;/h2-5H,1H2;3*1H;/q;;;;+3/p-3. The molecule has 0 spiro atoms. The van der Waals surface area contributed by atoms with Crippen LogP contribution in [-0.4, -0.2) is 11.7 Å². The topological polar surface area (TPSA) is 0 Å². The SMILES string of the molecule is Clc1ccc([CH2][Sn]([Br])([Br])[Br])cc1. The summed E-state index contributed by atoms with van der Waals surface area (Å²) < 4.78 is 1.06. The average Bonchev–Trinajstić information content (AvgIpc) is 1.91. The van der Waals surface area contributed by atoms with Crippen LogP contribution in [0.5, 0.6) is 0 Å². The van der Waals surface area contributed by atoms with Crippen LogP contribution in [0.3, 0.4) is 0 Å². The van der Waals surface area contributed by atoms with Crippen molar-refractivity contribution in [3.63, 3.8) is 0 Å². The van der Waals surface area contributed by atoms with Gasteiger partial charge in [0, 0.05) is 0 Å². The van der Waals surface area contributed by atoms with Crippen LogP contribution in [0.4, 0.5) is 0 Å². The Balaban J connectivity index is 2.71. The molecule has 1 aromatic carbocycles. The normalized spacial score (nSPS) is 11.7. The summed E-state index contributed by atoms with van der Waals surface area (Å²) in [6, 6.07) is 7.94. The van der Waals surface area contributed by atoms with E-state index in [4.69, 9.17) is 11.6 Å². The summed E-state index contributed by atoms with van der Waals surface area (Å²) in [4.78, 5) is 0. The first-order valence-corrected chi connectivity index (χ1v) is 24.9. The van der Waals surface area contributed by atoms with Gasteiger partial charge in [0.2, 0.25) is 0 Å². The fraction of sp³-hybridized carbons (Fsp3) is 0.143. The van der Waals surface area contributed by atoms with Crippen molar-refractivity contribution >= 4 is 61.4 Å². The average molecular weight is 484 g/mol. The third-order valence-corrected chi connectivity index (χ3v) is 9.52. The molecule has 0 bridgehead atoms. The van der Waals surface area contributed by atoms with Crippen molar-refractivity contribution in [3.05, 3.63) is 34.9 Å². The second kappa shape index (κ2) is 5.01. The molecule has 0 aliphatic carbocycles.